The Kier molecular flexibility index (Phi) is 8.26. The van der Waals surface area contributed by atoms with E-state index in [2.05, 4.69) is 14.9 Å². The number of nitrogens with one attached hydrogen (secondary N) is 1. The molecule has 31 heavy (non-hydrogen) atoms. The summed E-state index contributed by atoms with van der Waals surface area (Å²) >= 11 is 1.39. The quantitative estimate of drug-likeness (QED) is 0.292. The highest BCUT2D eigenvalue weighted by molar-refractivity contribution is 7.99. The van der Waals surface area contributed by atoms with Crippen LogP contribution in [0.3, 0.4) is 0 Å². The van der Waals surface area contributed by atoms with Crippen molar-refractivity contribution in [2.45, 2.75) is 18.6 Å². The summed E-state index contributed by atoms with van der Waals surface area (Å²) in [6.45, 7) is 3.34. The second kappa shape index (κ2) is 11.3. The number of fused-ring (bicyclic) bond motifs is 1. The molecule has 1 heterocycles. The minimum atomic E-state index is -0.381. The van der Waals surface area contributed by atoms with E-state index in [1.165, 1.54) is 17.8 Å². The van der Waals surface area contributed by atoms with Crippen molar-refractivity contribution >= 4 is 46.4 Å². The van der Waals surface area contributed by atoms with Crippen LogP contribution in [-0.2, 0) is 25.6 Å². The van der Waals surface area contributed by atoms with Crippen molar-refractivity contribution in [2.75, 3.05) is 31.4 Å². The third-order valence-electron chi connectivity index (χ3n) is 4.36. The largest absolute Gasteiger partial charge is 0.463 e. The molecule has 3 rings (SSSR count). The molecular weight excluding hydrogens is 414 g/mol. The Bertz CT molecular complexity index is 1060. The predicted molar refractivity (Wildman–Crippen MR) is 123 cm³/mol. The summed E-state index contributed by atoms with van der Waals surface area (Å²) in [5.74, 6) is -0.264. The average molecular weight is 440 g/mol. The molecule has 1 amide bonds. The number of para-hydroxylation sites is 2. The molecule has 0 unspecified atom stereocenters. The number of benzene rings is 2. The molecule has 8 heteroatoms. The van der Waals surface area contributed by atoms with Crippen LogP contribution in [0.4, 0.5) is 5.69 Å². The number of hydrogen-bond donors (Lipinski definition) is 1. The topological polar surface area (TPSA) is 82.5 Å². The molecule has 1 N–H and O–H groups in total. The van der Waals surface area contributed by atoms with Gasteiger partial charge in [-0.25, -0.2) is 9.78 Å². The number of ether oxygens (including phenoxy) is 2. The second-order valence-electron chi connectivity index (χ2n) is 6.57. The van der Waals surface area contributed by atoms with Gasteiger partial charge >= 0.3 is 5.97 Å². The van der Waals surface area contributed by atoms with Crippen molar-refractivity contribution in [3.05, 3.63) is 60.2 Å². The lowest BCUT2D eigenvalue weighted by Gasteiger charge is -2.09. The first-order chi connectivity index (χ1) is 15.1. The number of aromatic nitrogens is 2. The molecule has 0 fully saturated rings. The van der Waals surface area contributed by atoms with E-state index in [1.807, 2.05) is 36.4 Å². The zero-order valence-electron chi connectivity index (χ0n) is 17.5. The Morgan fingerprint density at radius 2 is 1.94 bits per heavy atom. The first-order valence-corrected chi connectivity index (χ1v) is 10.9. The highest BCUT2D eigenvalue weighted by atomic mass is 32.2. The number of carbonyl (C=O) groups is 2. The lowest BCUT2D eigenvalue weighted by Crippen LogP contribution is -2.15. The van der Waals surface area contributed by atoms with Gasteiger partial charge < -0.3 is 19.4 Å². The van der Waals surface area contributed by atoms with E-state index in [0.717, 1.165) is 21.8 Å². The Hall–Kier alpha value is -3.10. The van der Waals surface area contributed by atoms with Crippen LogP contribution in [-0.4, -0.2) is 47.5 Å². The van der Waals surface area contributed by atoms with Crippen LogP contribution in [0.1, 0.15) is 12.5 Å². The normalized spacial score (nSPS) is 11.2. The third-order valence-corrected chi connectivity index (χ3v) is 5.34. The Morgan fingerprint density at radius 3 is 2.68 bits per heavy atom. The Morgan fingerprint density at radius 1 is 1.16 bits per heavy atom. The van der Waals surface area contributed by atoms with Crippen molar-refractivity contribution < 1.29 is 19.1 Å². The highest BCUT2D eigenvalue weighted by Crippen LogP contribution is 2.24. The van der Waals surface area contributed by atoms with Gasteiger partial charge in [-0.3, -0.25) is 4.79 Å². The molecule has 2 aromatic carbocycles. The molecule has 0 saturated heterocycles. The van der Waals surface area contributed by atoms with Crippen LogP contribution in [0, 0.1) is 0 Å². The van der Waals surface area contributed by atoms with Crippen LogP contribution in [0.5, 0.6) is 0 Å². The van der Waals surface area contributed by atoms with Gasteiger partial charge in [0.15, 0.2) is 5.16 Å². The lowest BCUT2D eigenvalue weighted by atomic mass is 10.2. The number of rotatable bonds is 10. The van der Waals surface area contributed by atoms with Gasteiger partial charge in [-0.05, 0) is 42.8 Å². The molecule has 0 radical (unpaired) electrons. The average Bonchev–Trinajstić information content (AvgIpc) is 3.13. The highest BCUT2D eigenvalue weighted by Gasteiger charge is 2.13. The van der Waals surface area contributed by atoms with Crippen LogP contribution in [0.2, 0.25) is 0 Å². The van der Waals surface area contributed by atoms with Crippen LogP contribution < -0.4 is 5.32 Å². The fourth-order valence-corrected chi connectivity index (χ4v) is 3.76. The summed E-state index contributed by atoms with van der Waals surface area (Å²) in [6.07, 6.45) is 3.05. The minimum Gasteiger partial charge on any atom is -0.463 e. The van der Waals surface area contributed by atoms with Gasteiger partial charge in [-0.2, -0.15) is 0 Å². The van der Waals surface area contributed by atoms with E-state index >= 15 is 0 Å². The number of nitrogens with zero attached hydrogens (tertiary/aromatic N) is 2. The molecule has 0 aliphatic heterocycles. The number of methoxy groups -OCH3 is 1. The fourth-order valence-electron chi connectivity index (χ4n) is 2.92. The second-order valence-corrected chi connectivity index (χ2v) is 7.51. The molecule has 0 saturated carbocycles. The maximum atomic E-state index is 12.4. The molecule has 7 nitrogen and oxygen atoms in total. The lowest BCUT2D eigenvalue weighted by molar-refractivity contribution is -0.137. The van der Waals surface area contributed by atoms with E-state index in [1.54, 1.807) is 32.2 Å². The third kappa shape index (κ3) is 6.44. The molecule has 1 aromatic heterocycles. The molecule has 0 aliphatic rings. The van der Waals surface area contributed by atoms with Gasteiger partial charge in [0.05, 0.1) is 30.0 Å². The summed E-state index contributed by atoms with van der Waals surface area (Å²) in [5, 5.41) is 3.67. The summed E-state index contributed by atoms with van der Waals surface area (Å²) in [7, 11) is 1.66. The standard InChI is InChI=1S/C23H25N3O4S/c1-3-30-22(28)13-10-17-8-11-18(12-9-17)24-21(27)16-31-23-25-19-6-4-5-7-20(19)26(23)14-15-29-2/h4-13H,3,14-16H2,1-2H3,(H,24,27)/b13-10+. The van der Waals surface area contributed by atoms with E-state index in [4.69, 9.17) is 9.47 Å². The summed E-state index contributed by atoms with van der Waals surface area (Å²) in [5.41, 5.74) is 3.45. The molecule has 0 aliphatic carbocycles. The molecule has 0 atom stereocenters. The van der Waals surface area contributed by atoms with Gasteiger partial charge in [-0.1, -0.05) is 36.0 Å². The molecular formula is C23H25N3O4S. The van der Waals surface area contributed by atoms with Gasteiger partial charge in [0, 0.05) is 25.4 Å². The number of carbonyl (C=O) groups excluding carboxylic acids is 2. The first-order valence-electron chi connectivity index (χ1n) is 9.92. The zero-order chi connectivity index (χ0) is 22.1. The monoisotopic (exact) mass is 439 g/mol. The fraction of sp³-hybridized carbons (Fsp3) is 0.261. The minimum absolute atomic E-state index is 0.120. The number of thioether (sulfide) groups is 1. The number of esters is 1. The first kappa shape index (κ1) is 22.6. The Labute approximate surface area is 185 Å². The van der Waals surface area contributed by atoms with E-state index < -0.39 is 0 Å². The van der Waals surface area contributed by atoms with Gasteiger partial charge in [0.2, 0.25) is 5.91 Å². The van der Waals surface area contributed by atoms with Gasteiger partial charge in [-0.15, -0.1) is 0 Å². The van der Waals surface area contributed by atoms with Crippen molar-refractivity contribution in [1.82, 2.24) is 9.55 Å². The molecule has 162 valence electrons. The van der Waals surface area contributed by atoms with E-state index in [0.29, 0.717) is 25.4 Å². The molecule has 3 aromatic rings. The van der Waals surface area contributed by atoms with Gasteiger partial charge in [0.25, 0.3) is 0 Å². The van der Waals surface area contributed by atoms with E-state index in [9.17, 15) is 9.59 Å². The van der Waals surface area contributed by atoms with Crippen LogP contribution in [0.25, 0.3) is 17.1 Å². The van der Waals surface area contributed by atoms with Crippen molar-refractivity contribution in [3.8, 4) is 0 Å². The van der Waals surface area contributed by atoms with Crippen LogP contribution >= 0.6 is 11.8 Å². The van der Waals surface area contributed by atoms with Crippen molar-refractivity contribution in [1.29, 1.82) is 0 Å². The number of imidazole rings is 1. The Balaban J connectivity index is 1.58. The smallest absolute Gasteiger partial charge is 0.330 e. The number of anilines is 1. The summed E-state index contributed by atoms with van der Waals surface area (Å²) in [4.78, 5) is 28.5. The summed E-state index contributed by atoms with van der Waals surface area (Å²) < 4.78 is 12.1. The summed E-state index contributed by atoms with van der Waals surface area (Å²) in [6, 6.07) is 15.1. The van der Waals surface area contributed by atoms with Crippen molar-refractivity contribution in [2.24, 2.45) is 0 Å². The van der Waals surface area contributed by atoms with Crippen LogP contribution in [0.15, 0.2) is 59.8 Å². The van der Waals surface area contributed by atoms with Crippen molar-refractivity contribution in [3.63, 3.8) is 0 Å². The molecule has 0 spiro atoms. The number of hydrogen-bond acceptors (Lipinski definition) is 6. The maximum absolute atomic E-state index is 12.4. The predicted octanol–water partition coefficient (Wildman–Crippen LogP) is 3.99. The number of amides is 1. The van der Waals surface area contributed by atoms with E-state index in [-0.39, 0.29) is 17.6 Å². The SMILES string of the molecule is CCOC(=O)/C=C/c1ccc(NC(=O)CSc2nc3ccccc3n2CCOC)cc1. The zero-order valence-corrected chi connectivity index (χ0v) is 18.4. The maximum Gasteiger partial charge on any atom is 0.330 e. The molecule has 0 bridgehead atoms. The van der Waals surface area contributed by atoms with Gasteiger partial charge in [0.1, 0.15) is 0 Å².